The monoisotopic (exact) mass is 378 g/mol. The Bertz CT molecular complexity index is 768. The van der Waals surface area contributed by atoms with Crippen molar-refractivity contribution < 1.29 is 13.9 Å². The number of thiophene rings is 1. The lowest BCUT2D eigenvalue weighted by molar-refractivity contribution is 0.0280. The summed E-state index contributed by atoms with van der Waals surface area (Å²) in [7, 11) is 0. The molecule has 7 heteroatoms. The molecule has 0 aliphatic heterocycles. The molecule has 1 aromatic carbocycles. The summed E-state index contributed by atoms with van der Waals surface area (Å²) in [4.78, 5) is 12.9. The summed E-state index contributed by atoms with van der Waals surface area (Å²) >= 11 is 4.82. The SMILES string of the molecule is C[C@@H](OC(=O)c1ccc(Br)cc1)c1nnc(-c2cccs2)o1. The summed E-state index contributed by atoms with van der Waals surface area (Å²) in [6.45, 7) is 1.70. The third kappa shape index (κ3) is 3.26. The molecule has 1 atom stereocenters. The largest absolute Gasteiger partial charge is 0.449 e. The van der Waals surface area contributed by atoms with E-state index in [1.807, 2.05) is 17.5 Å². The lowest BCUT2D eigenvalue weighted by Crippen LogP contribution is -2.09. The second-order valence-corrected chi connectivity index (χ2v) is 6.34. The minimum atomic E-state index is -0.614. The van der Waals surface area contributed by atoms with Crippen molar-refractivity contribution in [2.75, 3.05) is 0 Å². The van der Waals surface area contributed by atoms with Crippen molar-refractivity contribution in [2.45, 2.75) is 13.0 Å². The molecule has 0 aliphatic carbocycles. The fourth-order valence-corrected chi connectivity index (χ4v) is 2.67. The van der Waals surface area contributed by atoms with E-state index in [1.165, 1.54) is 11.3 Å². The van der Waals surface area contributed by atoms with Crippen LogP contribution in [0.4, 0.5) is 0 Å². The van der Waals surface area contributed by atoms with E-state index in [4.69, 9.17) is 9.15 Å². The van der Waals surface area contributed by atoms with Crippen LogP contribution in [0.1, 0.15) is 29.3 Å². The number of rotatable bonds is 4. The zero-order chi connectivity index (χ0) is 15.5. The minimum absolute atomic E-state index is 0.272. The summed E-state index contributed by atoms with van der Waals surface area (Å²) < 4.78 is 11.8. The first-order valence-electron chi connectivity index (χ1n) is 6.47. The van der Waals surface area contributed by atoms with Crippen LogP contribution in [0, 0.1) is 0 Å². The number of benzene rings is 1. The number of carbonyl (C=O) groups is 1. The summed E-state index contributed by atoms with van der Waals surface area (Å²) in [6, 6.07) is 10.7. The maximum atomic E-state index is 12.0. The highest BCUT2D eigenvalue weighted by Gasteiger charge is 2.20. The summed E-state index contributed by atoms with van der Waals surface area (Å²) in [5.74, 6) is 0.265. The molecule has 0 N–H and O–H groups in total. The van der Waals surface area contributed by atoms with Gasteiger partial charge in [-0.15, -0.1) is 21.5 Å². The van der Waals surface area contributed by atoms with Crippen molar-refractivity contribution in [1.82, 2.24) is 10.2 Å². The van der Waals surface area contributed by atoms with Crippen LogP contribution >= 0.6 is 27.3 Å². The van der Waals surface area contributed by atoms with Crippen LogP contribution in [0.2, 0.25) is 0 Å². The third-order valence-electron chi connectivity index (χ3n) is 2.88. The standard InChI is InChI=1S/C15H11BrN2O3S/c1-9(20-15(19)10-4-6-11(16)7-5-10)13-17-18-14(21-13)12-3-2-8-22-12/h2-9H,1H3/t9-/m1/s1. The van der Waals surface area contributed by atoms with Crippen molar-refractivity contribution in [3.63, 3.8) is 0 Å². The zero-order valence-electron chi connectivity index (χ0n) is 11.5. The first-order valence-corrected chi connectivity index (χ1v) is 8.14. The Labute approximate surface area is 139 Å². The van der Waals surface area contributed by atoms with E-state index in [0.717, 1.165) is 9.35 Å². The number of hydrogen-bond acceptors (Lipinski definition) is 6. The van der Waals surface area contributed by atoms with Crippen molar-refractivity contribution in [3.05, 3.63) is 57.7 Å². The molecule has 0 unspecified atom stereocenters. The van der Waals surface area contributed by atoms with E-state index in [1.54, 1.807) is 31.2 Å². The number of esters is 1. The van der Waals surface area contributed by atoms with Gasteiger partial charge in [-0.2, -0.15) is 0 Å². The highest BCUT2D eigenvalue weighted by Crippen LogP contribution is 2.26. The van der Waals surface area contributed by atoms with Crippen LogP contribution in [-0.4, -0.2) is 16.2 Å². The van der Waals surface area contributed by atoms with Gasteiger partial charge in [0.05, 0.1) is 10.4 Å². The van der Waals surface area contributed by atoms with Crippen LogP contribution in [0.15, 0.2) is 50.7 Å². The number of hydrogen-bond donors (Lipinski definition) is 0. The molecule has 3 aromatic rings. The second kappa shape index (κ2) is 6.41. The van der Waals surface area contributed by atoms with Gasteiger partial charge in [-0.05, 0) is 42.6 Å². The molecule has 0 fully saturated rings. The highest BCUT2D eigenvalue weighted by molar-refractivity contribution is 9.10. The minimum Gasteiger partial charge on any atom is -0.449 e. The molecular weight excluding hydrogens is 368 g/mol. The number of nitrogens with zero attached hydrogens (tertiary/aromatic N) is 2. The van der Waals surface area contributed by atoms with Gasteiger partial charge in [-0.3, -0.25) is 0 Å². The Kier molecular flexibility index (Phi) is 4.35. The average Bonchev–Trinajstić information content (AvgIpc) is 3.19. The molecule has 0 bridgehead atoms. The van der Waals surface area contributed by atoms with Crippen molar-refractivity contribution in [3.8, 4) is 10.8 Å². The zero-order valence-corrected chi connectivity index (χ0v) is 13.9. The van der Waals surface area contributed by atoms with E-state index in [-0.39, 0.29) is 5.89 Å². The first kappa shape index (κ1) is 14.9. The molecule has 5 nitrogen and oxygen atoms in total. The van der Waals surface area contributed by atoms with Crippen molar-refractivity contribution in [2.24, 2.45) is 0 Å². The molecule has 22 heavy (non-hydrogen) atoms. The first-order chi connectivity index (χ1) is 10.6. The number of ether oxygens (including phenoxy) is 1. The van der Waals surface area contributed by atoms with Gasteiger partial charge in [-0.25, -0.2) is 4.79 Å². The quantitative estimate of drug-likeness (QED) is 0.626. The van der Waals surface area contributed by atoms with Gasteiger partial charge in [0, 0.05) is 4.47 Å². The number of carbonyl (C=O) groups excluding carboxylic acids is 1. The van der Waals surface area contributed by atoms with Crippen molar-refractivity contribution in [1.29, 1.82) is 0 Å². The summed E-state index contributed by atoms with van der Waals surface area (Å²) in [6.07, 6.45) is -0.614. The Morgan fingerprint density at radius 2 is 2.05 bits per heavy atom. The predicted octanol–water partition coefficient (Wildman–Crippen LogP) is 4.48. The smallest absolute Gasteiger partial charge is 0.338 e. The molecule has 112 valence electrons. The molecule has 0 saturated heterocycles. The third-order valence-corrected chi connectivity index (χ3v) is 4.27. The fourth-order valence-electron chi connectivity index (χ4n) is 1.76. The molecule has 0 aliphatic rings. The van der Waals surface area contributed by atoms with Gasteiger partial charge in [0.2, 0.25) is 0 Å². The van der Waals surface area contributed by atoms with E-state index in [2.05, 4.69) is 26.1 Å². The molecule has 0 saturated carbocycles. The molecule has 3 rings (SSSR count). The van der Waals surface area contributed by atoms with E-state index in [0.29, 0.717) is 11.5 Å². The van der Waals surface area contributed by atoms with Crippen LogP contribution in [0.3, 0.4) is 0 Å². The van der Waals surface area contributed by atoms with E-state index in [9.17, 15) is 4.79 Å². The van der Waals surface area contributed by atoms with Crippen LogP contribution < -0.4 is 0 Å². The van der Waals surface area contributed by atoms with Crippen LogP contribution in [0.25, 0.3) is 10.8 Å². The molecule has 2 heterocycles. The Hall–Kier alpha value is -1.99. The van der Waals surface area contributed by atoms with Gasteiger partial charge in [-0.1, -0.05) is 22.0 Å². The maximum Gasteiger partial charge on any atom is 0.338 e. The molecule has 0 spiro atoms. The lowest BCUT2D eigenvalue weighted by atomic mass is 10.2. The predicted molar refractivity (Wildman–Crippen MR) is 85.6 cm³/mol. The van der Waals surface area contributed by atoms with Crippen molar-refractivity contribution >= 4 is 33.2 Å². The lowest BCUT2D eigenvalue weighted by Gasteiger charge is -2.09. The van der Waals surface area contributed by atoms with Crippen LogP contribution in [0.5, 0.6) is 0 Å². The van der Waals surface area contributed by atoms with E-state index >= 15 is 0 Å². The summed E-state index contributed by atoms with van der Waals surface area (Å²) in [5.41, 5.74) is 0.466. The molecular formula is C15H11BrN2O3S. The van der Waals surface area contributed by atoms with Crippen LogP contribution in [-0.2, 0) is 4.74 Å². The molecule has 2 aromatic heterocycles. The molecule has 0 radical (unpaired) electrons. The topological polar surface area (TPSA) is 65.2 Å². The Balaban J connectivity index is 1.70. The van der Waals surface area contributed by atoms with Gasteiger partial charge in [0.15, 0.2) is 6.10 Å². The fraction of sp³-hybridized carbons (Fsp3) is 0.133. The number of aromatic nitrogens is 2. The highest BCUT2D eigenvalue weighted by atomic mass is 79.9. The normalized spacial score (nSPS) is 12.1. The van der Waals surface area contributed by atoms with Gasteiger partial charge in [0.25, 0.3) is 11.8 Å². The Morgan fingerprint density at radius 1 is 1.27 bits per heavy atom. The van der Waals surface area contributed by atoms with Gasteiger partial charge < -0.3 is 9.15 Å². The van der Waals surface area contributed by atoms with Gasteiger partial charge in [0.1, 0.15) is 0 Å². The molecule has 0 amide bonds. The van der Waals surface area contributed by atoms with Gasteiger partial charge >= 0.3 is 5.97 Å². The maximum absolute atomic E-state index is 12.0. The Morgan fingerprint density at radius 3 is 2.73 bits per heavy atom. The number of halogens is 1. The van der Waals surface area contributed by atoms with E-state index < -0.39 is 12.1 Å². The average molecular weight is 379 g/mol. The second-order valence-electron chi connectivity index (χ2n) is 4.48. The summed E-state index contributed by atoms with van der Waals surface area (Å²) in [5, 5.41) is 9.83.